The van der Waals surface area contributed by atoms with Gasteiger partial charge in [0, 0.05) is 49.8 Å². The topological polar surface area (TPSA) is 149 Å². The number of nitrogens with two attached hydrogens (primary N) is 1. The molecule has 1 fully saturated rings. The number of imidazole rings is 1. The molecule has 1 aliphatic heterocycles. The highest BCUT2D eigenvalue weighted by molar-refractivity contribution is 6.32. The number of piperazine rings is 1. The van der Waals surface area contributed by atoms with Gasteiger partial charge in [-0.05, 0) is 26.0 Å². The van der Waals surface area contributed by atoms with Gasteiger partial charge in [-0.15, -0.1) is 0 Å². The maximum atomic E-state index is 13.1. The molecule has 1 aromatic carbocycles. The molecule has 3 heterocycles. The number of hydrogen-bond acceptors (Lipinski definition) is 9. The summed E-state index contributed by atoms with van der Waals surface area (Å²) in [5.74, 6) is 1.36. The first-order chi connectivity index (χ1) is 16.9. The molecule has 0 radical (unpaired) electrons. The number of hydrogen-bond donors (Lipinski definition) is 4. The van der Waals surface area contributed by atoms with Crippen molar-refractivity contribution in [2.75, 3.05) is 48.7 Å². The number of anilines is 3. The van der Waals surface area contributed by atoms with Crippen molar-refractivity contribution in [3.05, 3.63) is 53.3 Å². The molecule has 184 valence electrons. The van der Waals surface area contributed by atoms with E-state index in [1.54, 1.807) is 12.4 Å². The largest absolute Gasteiger partial charge is 0.492 e. The second kappa shape index (κ2) is 10.6. The Bertz CT molecular complexity index is 1200. The number of ether oxygens (including phenoxy) is 1. The Hall–Kier alpha value is -3.86. The summed E-state index contributed by atoms with van der Waals surface area (Å²) in [7, 11) is 0. The standard InChI is InChI=1S/C23H28ClN9O2/c1-3-35-17-10-15(4-5-16(17)24)32-8-9-33(14(2)12-32)18(34)11-29-22-19(21(26)30-13-31-22)20(25)23-27-6-7-28-23/h4-7,10,13-14,25H,3,8-9,11-12H2,1-2H3,(H,27,28)(H3,26,29,30,31). The normalized spacial score (nSPS) is 15.7. The van der Waals surface area contributed by atoms with E-state index >= 15 is 0 Å². The van der Waals surface area contributed by atoms with Gasteiger partial charge < -0.3 is 30.6 Å². The molecule has 11 nitrogen and oxygen atoms in total. The fourth-order valence-electron chi connectivity index (χ4n) is 4.08. The van der Waals surface area contributed by atoms with Crippen LogP contribution in [0.3, 0.4) is 0 Å². The monoisotopic (exact) mass is 497 g/mol. The van der Waals surface area contributed by atoms with Crippen LogP contribution >= 0.6 is 11.6 Å². The van der Waals surface area contributed by atoms with Gasteiger partial charge in [-0.3, -0.25) is 10.2 Å². The lowest BCUT2D eigenvalue weighted by Gasteiger charge is -2.41. The third kappa shape index (κ3) is 5.29. The van der Waals surface area contributed by atoms with Crippen molar-refractivity contribution in [1.82, 2.24) is 24.8 Å². The van der Waals surface area contributed by atoms with Crippen LogP contribution in [-0.2, 0) is 4.79 Å². The molecule has 1 aliphatic rings. The highest BCUT2D eigenvalue weighted by Crippen LogP contribution is 2.31. The molecule has 0 spiro atoms. The quantitative estimate of drug-likeness (QED) is 0.346. The Labute approximate surface area is 208 Å². The lowest BCUT2D eigenvalue weighted by molar-refractivity contribution is -0.131. The summed E-state index contributed by atoms with van der Waals surface area (Å²) in [5.41, 5.74) is 7.36. The lowest BCUT2D eigenvalue weighted by atomic mass is 10.1. The second-order valence-electron chi connectivity index (χ2n) is 8.08. The molecule has 0 bridgehead atoms. The van der Waals surface area contributed by atoms with Gasteiger partial charge in [0.15, 0.2) is 5.82 Å². The number of halogens is 1. The van der Waals surface area contributed by atoms with Crippen LogP contribution in [0.15, 0.2) is 36.9 Å². The summed E-state index contributed by atoms with van der Waals surface area (Å²) < 4.78 is 5.62. The van der Waals surface area contributed by atoms with E-state index in [2.05, 4.69) is 30.2 Å². The van der Waals surface area contributed by atoms with Gasteiger partial charge in [0.1, 0.15) is 29.4 Å². The number of nitrogens with zero attached hydrogens (tertiary/aromatic N) is 5. The third-order valence-corrected chi connectivity index (χ3v) is 6.11. The summed E-state index contributed by atoms with van der Waals surface area (Å²) in [5, 5.41) is 12.0. The zero-order valence-corrected chi connectivity index (χ0v) is 20.3. The third-order valence-electron chi connectivity index (χ3n) is 5.80. The minimum absolute atomic E-state index is 0.00859. The van der Waals surface area contributed by atoms with E-state index in [4.69, 9.17) is 27.5 Å². The number of nitrogen functional groups attached to an aromatic ring is 1. The molecule has 5 N–H and O–H groups in total. The number of aromatic amines is 1. The predicted octanol–water partition coefficient (Wildman–Crippen LogP) is 2.40. The smallest absolute Gasteiger partial charge is 0.242 e. The van der Waals surface area contributed by atoms with E-state index < -0.39 is 0 Å². The molecule has 4 rings (SSSR count). The highest BCUT2D eigenvalue weighted by atomic mass is 35.5. The summed E-state index contributed by atoms with van der Waals surface area (Å²) in [4.78, 5) is 32.3. The number of aromatic nitrogens is 4. The second-order valence-corrected chi connectivity index (χ2v) is 8.49. The number of rotatable bonds is 8. The van der Waals surface area contributed by atoms with Crippen LogP contribution in [0.2, 0.25) is 5.02 Å². The molecule has 1 atom stereocenters. The number of carbonyl (C=O) groups excluding carboxylic acids is 1. The van der Waals surface area contributed by atoms with E-state index in [-0.39, 0.29) is 30.0 Å². The number of carbonyl (C=O) groups is 1. The molecule has 1 saturated heterocycles. The highest BCUT2D eigenvalue weighted by Gasteiger charge is 2.28. The summed E-state index contributed by atoms with van der Waals surface area (Å²) in [6.45, 7) is 6.40. The Morgan fingerprint density at radius 2 is 2.17 bits per heavy atom. The van der Waals surface area contributed by atoms with E-state index in [1.807, 2.05) is 36.9 Å². The molecule has 1 amide bonds. The fourth-order valence-corrected chi connectivity index (χ4v) is 4.25. The molecule has 0 aliphatic carbocycles. The number of benzene rings is 1. The van der Waals surface area contributed by atoms with E-state index in [0.717, 1.165) is 5.69 Å². The minimum atomic E-state index is -0.0732. The first-order valence-corrected chi connectivity index (χ1v) is 11.7. The Morgan fingerprint density at radius 1 is 1.34 bits per heavy atom. The van der Waals surface area contributed by atoms with Crippen LogP contribution in [0.25, 0.3) is 0 Å². The van der Waals surface area contributed by atoms with Gasteiger partial charge in [-0.25, -0.2) is 15.0 Å². The summed E-state index contributed by atoms with van der Waals surface area (Å²) in [6.07, 6.45) is 4.46. The number of H-pyrrole nitrogens is 1. The lowest BCUT2D eigenvalue weighted by Crippen LogP contribution is -2.55. The average Bonchev–Trinajstić information content (AvgIpc) is 3.39. The SMILES string of the molecule is CCOc1cc(N2CCN(C(=O)CNc3ncnc(N)c3C(=N)c3ncc[nH]3)C(C)C2)ccc1Cl. The van der Waals surface area contributed by atoms with Crippen LogP contribution < -0.4 is 20.7 Å². The van der Waals surface area contributed by atoms with Crippen molar-refractivity contribution >= 4 is 40.5 Å². The average molecular weight is 498 g/mol. The molecular weight excluding hydrogens is 470 g/mol. The molecule has 1 unspecified atom stereocenters. The van der Waals surface area contributed by atoms with Crippen molar-refractivity contribution in [3.8, 4) is 5.75 Å². The summed E-state index contributed by atoms with van der Waals surface area (Å²) in [6, 6.07) is 5.72. The summed E-state index contributed by atoms with van der Waals surface area (Å²) >= 11 is 6.22. The van der Waals surface area contributed by atoms with Crippen molar-refractivity contribution in [2.24, 2.45) is 0 Å². The first kappa shape index (κ1) is 24.3. The zero-order chi connectivity index (χ0) is 24.9. The van der Waals surface area contributed by atoms with Crippen LogP contribution in [0.1, 0.15) is 25.2 Å². The van der Waals surface area contributed by atoms with E-state index in [9.17, 15) is 4.79 Å². The van der Waals surface area contributed by atoms with Crippen LogP contribution in [0, 0.1) is 5.41 Å². The minimum Gasteiger partial charge on any atom is -0.492 e. The molecule has 35 heavy (non-hydrogen) atoms. The maximum absolute atomic E-state index is 13.1. The molecule has 12 heteroatoms. The van der Waals surface area contributed by atoms with Crippen molar-refractivity contribution < 1.29 is 9.53 Å². The van der Waals surface area contributed by atoms with Crippen molar-refractivity contribution in [3.63, 3.8) is 0 Å². The molecular formula is C23H28ClN9O2. The van der Waals surface area contributed by atoms with Crippen LogP contribution in [0.4, 0.5) is 17.3 Å². The number of amides is 1. The molecule has 0 saturated carbocycles. The van der Waals surface area contributed by atoms with Gasteiger partial charge in [-0.2, -0.15) is 0 Å². The maximum Gasteiger partial charge on any atom is 0.242 e. The Morgan fingerprint density at radius 3 is 2.89 bits per heavy atom. The van der Waals surface area contributed by atoms with Crippen LogP contribution in [-0.4, -0.2) is 75.3 Å². The van der Waals surface area contributed by atoms with Gasteiger partial charge in [0.2, 0.25) is 5.91 Å². The van der Waals surface area contributed by atoms with Gasteiger partial charge in [0.05, 0.1) is 23.7 Å². The predicted molar refractivity (Wildman–Crippen MR) is 135 cm³/mol. The Kier molecular flexibility index (Phi) is 7.35. The Balaban J connectivity index is 1.40. The van der Waals surface area contributed by atoms with E-state index in [1.165, 1.54) is 6.33 Å². The number of nitrogens with one attached hydrogen (secondary N) is 3. The fraction of sp³-hybridized carbons (Fsp3) is 0.348. The van der Waals surface area contributed by atoms with Gasteiger partial charge in [0.25, 0.3) is 0 Å². The first-order valence-electron chi connectivity index (χ1n) is 11.3. The van der Waals surface area contributed by atoms with E-state index in [0.29, 0.717) is 54.2 Å². The van der Waals surface area contributed by atoms with Crippen LogP contribution in [0.5, 0.6) is 5.75 Å². The van der Waals surface area contributed by atoms with Gasteiger partial charge in [-0.1, -0.05) is 11.6 Å². The molecule has 3 aromatic rings. The van der Waals surface area contributed by atoms with Crippen molar-refractivity contribution in [1.29, 1.82) is 5.41 Å². The van der Waals surface area contributed by atoms with Gasteiger partial charge >= 0.3 is 0 Å². The van der Waals surface area contributed by atoms with Crippen molar-refractivity contribution in [2.45, 2.75) is 19.9 Å². The molecule has 2 aromatic heterocycles. The zero-order valence-electron chi connectivity index (χ0n) is 19.6.